The van der Waals surface area contributed by atoms with Crippen LogP contribution < -0.4 is 24.3 Å². The summed E-state index contributed by atoms with van der Waals surface area (Å²) < 4.78 is 21.6. The fraction of sp³-hybridized carbons (Fsp3) is 0.269. The van der Waals surface area contributed by atoms with Crippen LogP contribution in [0.15, 0.2) is 48.8 Å². The number of pyridine rings is 1. The number of halogens is 1. The van der Waals surface area contributed by atoms with Crippen molar-refractivity contribution in [3.63, 3.8) is 0 Å². The summed E-state index contributed by atoms with van der Waals surface area (Å²) in [6.45, 7) is 0. The van der Waals surface area contributed by atoms with Gasteiger partial charge in [-0.2, -0.15) is 0 Å². The van der Waals surface area contributed by atoms with Gasteiger partial charge in [-0.1, -0.05) is 17.7 Å². The van der Waals surface area contributed by atoms with Gasteiger partial charge in [0.15, 0.2) is 11.5 Å². The lowest BCUT2D eigenvalue weighted by Crippen LogP contribution is -2.44. The molecule has 0 saturated carbocycles. The van der Waals surface area contributed by atoms with Crippen LogP contribution in [0, 0.1) is 0 Å². The summed E-state index contributed by atoms with van der Waals surface area (Å²) in [6, 6.07) is 9.37. The Morgan fingerprint density at radius 3 is 2.25 bits per heavy atom. The van der Waals surface area contributed by atoms with Crippen LogP contribution in [0.25, 0.3) is 0 Å². The molecule has 4 rings (SSSR count). The molecule has 2 amide bonds. The van der Waals surface area contributed by atoms with Crippen LogP contribution in [0.4, 0.5) is 5.69 Å². The Kier molecular flexibility index (Phi) is 7.21. The number of rotatable bonds is 7. The molecule has 1 aromatic heterocycles. The largest absolute Gasteiger partial charge is 0.495 e. The summed E-state index contributed by atoms with van der Waals surface area (Å²) in [4.78, 5) is 33.2. The van der Waals surface area contributed by atoms with E-state index in [1.165, 1.54) is 33.3 Å². The number of fused-ring (bicyclic) bond motifs is 1. The number of carbonyl (C=O) groups excluding carboxylic acids is 2. The molecule has 0 fully saturated rings. The van der Waals surface area contributed by atoms with Gasteiger partial charge in [-0.15, -0.1) is 0 Å². The van der Waals surface area contributed by atoms with Crippen molar-refractivity contribution in [3.05, 3.63) is 70.5 Å². The van der Waals surface area contributed by atoms with Gasteiger partial charge in [-0.25, -0.2) is 0 Å². The number of hydrogen-bond acceptors (Lipinski definition) is 7. The van der Waals surface area contributed by atoms with Gasteiger partial charge in [0, 0.05) is 31.1 Å². The van der Waals surface area contributed by atoms with Crippen molar-refractivity contribution in [3.8, 4) is 23.0 Å². The Labute approximate surface area is 213 Å². The molecule has 3 aromatic rings. The molecular weight excluding hydrogens is 486 g/mol. The fourth-order valence-electron chi connectivity index (χ4n) is 4.47. The van der Waals surface area contributed by atoms with Crippen molar-refractivity contribution in [2.45, 2.75) is 12.0 Å². The number of nitrogens with one attached hydrogen (secondary N) is 1. The lowest BCUT2D eigenvalue weighted by atomic mass is 9.79. The number of likely N-dealkylation sites (N-methyl/N-ethyl adjacent to an activating group) is 1. The number of anilines is 1. The average Bonchev–Trinajstić information content (AvgIpc) is 2.90. The molecular formula is C26H26ClN3O6. The molecule has 2 aromatic carbocycles. The molecule has 0 bridgehead atoms. The number of carbonyl (C=O) groups is 2. The summed E-state index contributed by atoms with van der Waals surface area (Å²) in [5.74, 6) is 0.115. The fourth-order valence-corrected chi connectivity index (χ4v) is 4.71. The lowest BCUT2D eigenvalue weighted by Gasteiger charge is -2.40. The second-order valence-corrected chi connectivity index (χ2v) is 8.50. The van der Waals surface area contributed by atoms with Crippen LogP contribution >= 0.6 is 11.6 Å². The Morgan fingerprint density at radius 1 is 0.972 bits per heavy atom. The standard InChI is InChI=1S/C26H26ClN3O6/c1-30-24(14-7-6-8-28-13-14)23(15-9-21(35-4)22(36-5)10-16(15)26(30)32)25(31)29-18-11-17(27)19(33-2)12-20(18)34-3/h6-13,23-24H,1-5H3,(H,29,31)/t23-,24+/m0/s1. The van der Waals surface area contributed by atoms with E-state index in [-0.39, 0.29) is 11.8 Å². The molecule has 0 saturated heterocycles. The van der Waals surface area contributed by atoms with Gasteiger partial charge in [-0.05, 0) is 35.4 Å². The smallest absolute Gasteiger partial charge is 0.254 e. The third kappa shape index (κ3) is 4.37. The highest BCUT2D eigenvalue weighted by atomic mass is 35.5. The minimum Gasteiger partial charge on any atom is -0.495 e. The molecule has 10 heteroatoms. The van der Waals surface area contributed by atoms with E-state index in [1.54, 1.807) is 49.8 Å². The molecule has 1 aliphatic heterocycles. The third-order valence-electron chi connectivity index (χ3n) is 6.21. The van der Waals surface area contributed by atoms with E-state index < -0.39 is 12.0 Å². The molecule has 0 spiro atoms. The van der Waals surface area contributed by atoms with Crippen LogP contribution in [0.1, 0.15) is 33.4 Å². The van der Waals surface area contributed by atoms with E-state index in [0.717, 1.165) is 0 Å². The summed E-state index contributed by atoms with van der Waals surface area (Å²) in [7, 11) is 7.62. The highest BCUT2D eigenvalue weighted by molar-refractivity contribution is 6.32. The van der Waals surface area contributed by atoms with Gasteiger partial charge >= 0.3 is 0 Å². The SMILES string of the molecule is COc1cc(OC)c(NC(=O)[C@H]2c3cc(OC)c(OC)cc3C(=O)N(C)[C@@H]2c2cccnc2)cc1Cl. The van der Waals surface area contributed by atoms with Crippen molar-refractivity contribution in [2.75, 3.05) is 40.8 Å². The molecule has 1 aliphatic rings. The molecule has 36 heavy (non-hydrogen) atoms. The van der Waals surface area contributed by atoms with Gasteiger partial charge in [0.05, 0.1) is 51.1 Å². The summed E-state index contributed by atoms with van der Waals surface area (Å²) in [5, 5.41) is 3.24. The van der Waals surface area contributed by atoms with Crippen molar-refractivity contribution < 1.29 is 28.5 Å². The van der Waals surface area contributed by atoms with Crippen molar-refractivity contribution in [1.29, 1.82) is 0 Å². The maximum Gasteiger partial charge on any atom is 0.254 e. The third-order valence-corrected chi connectivity index (χ3v) is 6.51. The van der Waals surface area contributed by atoms with Gasteiger partial charge < -0.3 is 29.2 Å². The first-order valence-corrected chi connectivity index (χ1v) is 11.4. The number of aromatic nitrogens is 1. The first-order valence-electron chi connectivity index (χ1n) is 11.0. The van der Waals surface area contributed by atoms with Crippen molar-refractivity contribution >= 4 is 29.1 Å². The molecule has 2 atom stereocenters. The molecule has 0 radical (unpaired) electrons. The van der Waals surface area contributed by atoms with E-state index in [4.69, 9.17) is 30.5 Å². The van der Waals surface area contributed by atoms with Crippen LogP contribution in [0.5, 0.6) is 23.0 Å². The number of hydrogen-bond donors (Lipinski definition) is 1. The Balaban J connectivity index is 1.88. The van der Waals surface area contributed by atoms with E-state index in [2.05, 4.69) is 10.3 Å². The second-order valence-electron chi connectivity index (χ2n) is 8.10. The topological polar surface area (TPSA) is 99.2 Å². The number of nitrogens with zero attached hydrogens (tertiary/aromatic N) is 2. The van der Waals surface area contributed by atoms with E-state index in [9.17, 15) is 9.59 Å². The Morgan fingerprint density at radius 2 is 1.64 bits per heavy atom. The number of benzene rings is 2. The summed E-state index contributed by atoms with van der Waals surface area (Å²) in [6.07, 6.45) is 3.28. The highest BCUT2D eigenvalue weighted by Crippen LogP contribution is 2.46. The van der Waals surface area contributed by atoms with Crippen LogP contribution in [0.3, 0.4) is 0 Å². The number of amides is 2. The first kappa shape index (κ1) is 25.1. The molecule has 188 valence electrons. The maximum absolute atomic E-state index is 14.0. The van der Waals surface area contributed by atoms with Crippen molar-refractivity contribution in [1.82, 2.24) is 9.88 Å². The Hall–Kier alpha value is -3.98. The molecule has 2 heterocycles. The van der Waals surface area contributed by atoms with E-state index in [0.29, 0.717) is 50.4 Å². The zero-order valence-electron chi connectivity index (χ0n) is 20.5. The minimum absolute atomic E-state index is 0.256. The predicted molar refractivity (Wildman–Crippen MR) is 135 cm³/mol. The second kappa shape index (κ2) is 10.3. The van der Waals surface area contributed by atoms with Crippen LogP contribution in [-0.4, -0.2) is 57.2 Å². The van der Waals surface area contributed by atoms with Gasteiger partial charge in [-0.3, -0.25) is 14.6 Å². The highest BCUT2D eigenvalue weighted by Gasteiger charge is 2.44. The molecule has 0 aliphatic carbocycles. The Bertz CT molecular complexity index is 1300. The summed E-state index contributed by atoms with van der Waals surface area (Å²) >= 11 is 6.33. The van der Waals surface area contributed by atoms with Gasteiger partial charge in [0.2, 0.25) is 5.91 Å². The predicted octanol–water partition coefficient (Wildman–Crippen LogP) is 4.32. The minimum atomic E-state index is -0.822. The maximum atomic E-state index is 14.0. The van der Waals surface area contributed by atoms with E-state index in [1.807, 2.05) is 6.07 Å². The normalized spacial score (nSPS) is 16.7. The molecule has 9 nitrogen and oxygen atoms in total. The number of ether oxygens (including phenoxy) is 4. The monoisotopic (exact) mass is 511 g/mol. The number of methoxy groups -OCH3 is 4. The van der Waals surface area contributed by atoms with Gasteiger partial charge in [0.1, 0.15) is 11.5 Å². The van der Waals surface area contributed by atoms with Crippen LogP contribution in [-0.2, 0) is 4.79 Å². The van der Waals surface area contributed by atoms with Crippen molar-refractivity contribution in [2.24, 2.45) is 0 Å². The average molecular weight is 512 g/mol. The first-order chi connectivity index (χ1) is 17.3. The molecule has 0 unspecified atom stereocenters. The zero-order chi connectivity index (χ0) is 26.0. The van der Waals surface area contributed by atoms with E-state index >= 15 is 0 Å². The van der Waals surface area contributed by atoms with Gasteiger partial charge in [0.25, 0.3) is 5.91 Å². The quantitative estimate of drug-likeness (QED) is 0.504. The summed E-state index contributed by atoms with van der Waals surface area (Å²) in [5.41, 5.74) is 1.91. The lowest BCUT2D eigenvalue weighted by molar-refractivity contribution is -0.119. The zero-order valence-corrected chi connectivity index (χ0v) is 21.3. The van der Waals surface area contributed by atoms with Crippen LogP contribution in [0.2, 0.25) is 5.02 Å². The molecule has 1 N–H and O–H groups in total.